The molecule has 0 saturated carbocycles. The lowest BCUT2D eigenvalue weighted by Crippen LogP contribution is -2.05. The molecule has 0 aliphatic rings. The summed E-state index contributed by atoms with van der Waals surface area (Å²) in [7, 11) is 0. The van der Waals surface area contributed by atoms with E-state index >= 15 is 0 Å². The second-order valence-electron chi connectivity index (χ2n) is 5.93. The highest BCUT2D eigenvalue weighted by atomic mass is 16.1. The highest BCUT2D eigenvalue weighted by Gasteiger charge is 2.12. The average Bonchev–Trinajstić information content (AvgIpc) is 2.13. The van der Waals surface area contributed by atoms with Gasteiger partial charge in [0, 0.05) is 11.0 Å². The van der Waals surface area contributed by atoms with Crippen molar-refractivity contribution in [3.8, 4) is 11.8 Å². The molecule has 1 rings (SSSR count). The van der Waals surface area contributed by atoms with Crippen LogP contribution in [-0.4, -0.2) is 5.78 Å². The van der Waals surface area contributed by atoms with E-state index in [1.54, 1.807) is 0 Å². The van der Waals surface area contributed by atoms with Gasteiger partial charge in [0.25, 0.3) is 0 Å². The van der Waals surface area contributed by atoms with Gasteiger partial charge in [0.2, 0.25) is 0 Å². The van der Waals surface area contributed by atoms with Crippen LogP contribution in [0.2, 0.25) is 0 Å². The maximum Gasteiger partial charge on any atom is 0.175 e. The molecule has 18 heavy (non-hydrogen) atoms. The van der Waals surface area contributed by atoms with Gasteiger partial charge in [-0.25, -0.2) is 0 Å². The molecule has 0 unspecified atom stereocenters. The van der Waals surface area contributed by atoms with Crippen molar-refractivity contribution >= 4 is 5.78 Å². The average molecular weight is 242 g/mol. The lowest BCUT2D eigenvalue weighted by Gasteiger charge is -2.09. The third-order valence-electron chi connectivity index (χ3n) is 2.67. The normalized spacial score (nSPS) is 10.8. The van der Waals surface area contributed by atoms with Gasteiger partial charge in [-0.15, -0.1) is 0 Å². The molecule has 0 atom stereocenters. The van der Waals surface area contributed by atoms with Crippen LogP contribution in [0.4, 0.5) is 0 Å². The smallest absolute Gasteiger partial charge is 0.175 e. The second kappa shape index (κ2) is 5.40. The maximum absolute atomic E-state index is 12.2. The summed E-state index contributed by atoms with van der Waals surface area (Å²) in [5, 5.41) is 0. The minimum absolute atomic E-state index is 0.0440. The van der Waals surface area contributed by atoms with E-state index in [0.717, 1.165) is 16.7 Å². The topological polar surface area (TPSA) is 17.1 Å². The molecule has 0 fully saturated rings. The van der Waals surface area contributed by atoms with Gasteiger partial charge in [-0.1, -0.05) is 29.5 Å². The summed E-state index contributed by atoms with van der Waals surface area (Å²) >= 11 is 0. The minimum Gasteiger partial charge on any atom is -0.293 e. The molecule has 1 nitrogen and oxygen atoms in total. The van der Waals surface area contributed by atoms with Crippen LogP contribution >= 0.6 is 0 Å². The molecular weight excluding hydrogens is 220 g/mol. The van der Waals surface area contributed by atoms with Crippen LogP contribution in [0, 0.1) is 38.0 Å². The molecule has 0 aliphatic carbocycles. The molecule has 1 heteroatoms. The van der Waals surface area contributed by atoms with E-state index in [1.807, 2.05) is 41.5 Å². The molecule has 96 valence electrons. The number of carbonyl (C=O) groups excluding carboxylic acids is 1. The molecule has 0 spiro atoms. The molecular formula is C17H22O. The fraction of sp³-hybridized carbons (Fsp3) is 0.471. The Morgan fingerprint density at radius 2 is 1.61 bits per heavy atom. The third-order valence-corrected chi connectivity index (χ3v) is 2.67. The van der Waals surface area contributed by atoms with E-state index < -0.39 is 0 Å². The Morgan fingerprint density at radius 3 is 2.06 bits per heavy atom. The third kappa shape index (κ3) is 4.04. The van der Waals surface area contributed by atoms with E-state index in [4.69, 9.17) is 0 Å². The van der Waals surface area contributed by atoms with Crippen LogP contribution in [0.15, 0.2) is 12.1 Å². The van der Waals surface area contributed by atoms with Crippen LogP contribution in [0.25, 0.3) is 0 Å². The van der Waals surface area contributed by atoms with Gasteiger partial charge in [-0.2, -0.15) is 0 Å². The number of hydrogen-bond donors (Lipinski definition) is 0. The molecule has 0 radical (unpaired) electrons. The second-order valence-corrected chi connectivity index (χ2v) is 5.93. The number of hydrogen-bond acceptors (Lipinski definition) is 1. The summed E-state index contributed by atoms with van der Waals surface area (Å²) in [6.45, 7) is 12.2. The van der Waals surface area contributed by atoms with Gasteiger partial charge >= 0.3 is 0 Å². The highest BCUT2D eigenvalue weighted by Crippen LogP contribution is 2.18. The van der Waals surface area contributed by atoms with Gasteiger partial charge in [0.05, 0.1) is 6.42 Å². The SMILES string of the molecule is Cc1cc(C)c(C(=O)CC#CC(C)(C)C)c(C)c1. The standard InChI is InChI=1S/C17H22O/c1-12-10-13(2)16(14(3)11-12)15(18)8-7-9-17(4,5)6/h10-11H,8H2,1-6H3. The van der Waals surface area contributed by atoms with Crippen LogP contribution in [0.5, 0.6) is 0 Å². The fourth-order valence-electron chi connectivity index (χ4n) is 2.10. The van der Waals surface area contributed by atoms with Crippen molar-refractivity contribution in [1.29, 1.82) is 0 Å². The first-order valence-electron chi connectivity index (χ1n) is 6.32. The molecule has 0 N–H and O–H groups in total. The van der Waals surface area contributed by atoms with Crippen molar-refractivity contribution in [3.63, 3.8) is 0 Å². The first-order valence-corrected chi connectivity index (χ1v) is 6.32. The van der Waals surface area contributed by atoms with Crippen LogP contribution in [0.1, 0.15) is 54.2 Å². The molecule has 0 amide bonds. The monoisotopic (exact) mass is 242 g/mol. The van der Waals surface area contributed by atoms with Gasteiger partial charge in [-0.3, -0.25) is 4.79 Å². The van der Waals surface area contributed by atoms with Crippen molar-refractivity contribution in [1.82, 2.24) is 0 Å². The highest BCUT2D eigenvalue weighted by molar-refractivity contribution is 6.00. The molecule has 1 aromatic carbocycles. The number of ketones is 1. The van der Waals surface area contributed by atoms with E-state index in [0.29, 0.717) is 6.42 Å². The molecule has 0 aliphatic heterocycles. The van der Waals surface area contributed by atoms with Gasteiger partial charge < -0.3 is 0 Å². The molecule has 0 heterocycles. The number of Topliss-reactive ketones (excluding diaryl/α,β-unsaturated/α-hetero) is 1. The maximum atomic E-state index is 12.2. The zero-order chi connectivity index (χ0) is 13.9. The zero-order valence-electron chi connectivity index (χ0n) is 12.3. The summed E-state index contributed by atoms with van der Waals surface area (Å²) in [6, 6.07) is 4.11. The van der Waals surface area contributed by atoms with E-state index in [-0.39, 0.29) is 11.2 Å². The Kier molecular flexibility index (Phi) is 4.35. The predicted molar refractivity (Wildman–Crippen MR) is 76.8 cm³/mol. The lowest BCUT2D eigenvalue weighted by molar-refractivity contribution is 0.0997. The summed E-state index contributed by atoms with van der Waals surface area (Å²) in [5.41, 5.74) is 4.09. The zero-order valence-corrected chi connectivity index (χ0v) is 12.3. The van der Waals surface area contributed by atoms with Gasteiger partial charge in [-0.05, 0) is 52.7 Å². The number of aryl methyl sites for hydroxylation is 3. The Morgan fingerprint density at radius 1 is 1.11 bits per heavy atom. The number of rotatable bonds is 2. The Balaban J connectivity index is 2.95. The van der Waals surface area contributed by atoms with Crippen molar-refractivity contribution < 1.29 is 4.79 Å². The quantitative estimate of drug-likeness (QED) is 0.560. The van der Waals surface area contributed by atoms with Crippen LogP contribution in [0.3, 0.4) is 0 Å². The number of benzene rings is 1. The molecule has 0 bridgehead atoms. The Bertz CT molecular complexity index is 496. The van der Waals surface area contributed by atoms with Crippen molar-refractivity contribution in [2.75, 3.05) is 0 Å². The Labute approximate surface area is 111 Å². The lowest BCUT2D eigenvalue weighted by atomic mass is 9.94. The van der Waals surface area contributed by atoms with E-state index in [1.165, 1.54) is 5.56 Å². The van der Waals surface area contributed by atoms with Crippen LogP contribution < -0.4 is 0 Å². The molecule has 1 aromatic rings. The van der Waals surface area contributed by atoms with Crippen molar-refractivity contribution in [2.45, 2.75) is 48.0 Å². The summed E-state index contributed by atoms with van der Waals surface area (Å²) in [4.78, 5) is 12.2. The largest absolute Gasteiger partial charge is 0.293 e. The molecule has 0 aromatic heterocycles. The van der Waals surface area contributed by atoms with Gasteiger partial charge in [0.15, 0.2) is 5.78 Å². The van der Waals surface area contributed by atoms with E-state index in [2.05, 4.69) is 24.0 Å². The molecule has 0 saturated heterocycles. The first kappa shape index (κ1) is 14.5. The minimum atomic E-state index is -0.0440. The van der Waals surface area contributed by atoms with E-state index in [9.17, 15) is 4.79 Å². The van der Waals surface area contributed by atoms with Crippen LogP contribution in [-0.2, 0) is 0 Å². The van der Waals surface area contributed by atoms with Crippen molar-refractivity contribution in [3.05, 3.63) is 34.4 Å². The first-order chi connectivity index (χ1) is 8.20. The fourth-order valence-corrected chi connectivity index (χ4v) is 2.10. The summed E-state index contributed by atoms with van der Waals surface area (Å²) in [5.74, 6) is 6.22. The number of carbonyl (C=O) groups is 1. The summed E-state index contributed by atoms with van der Waals surface area (Å²) < 4.78 is 0. The predicted octanol–water partition coefficient (Wildman–Crippen LogP) is 4.23. The van der Waals surface area contributed by atoms with Crippen molar-refractivity contribution in [2.24, 2.45) is 5.41 Å². The Hall–Kier alpha value is -1.55. The van der Waals surface area contributed by atoms with Gasteiger partial charge in [0.1, 0.15) is 0 Å². The summed E-state index contributed by atoms with van der Waals surface area (Å²) in [6.07, 6.45) is 0.308.